The van der Waals surface area contributed by atoms with Crippen molar-refractivity contribution < 1.29 is 9.53 Å². The molecule has 2 fully saturated rings. The van der Waals surface area contributed by atoms with Crippen LogP contribution in [0.1, 0.15) is 47.0 Å². The Labute approximate surface area is 91.8 Å². The molecule has 1 aliphatic carbocycles. The first kappa shape index (κ1) is 10.8. The fourth-order valence-electron chi connectivity index (χ4n) is 2.42. The summed E-state index contributed by atoms with van der Waals surface area (Å²) in [6, 6.07) is 0.349. The quantitative estimate of drug-likeness (QED) is 0.616. The fourth-order valence-corrected chi connectivity index (χ4v) is 2.42. The number of amides is 1. The van der Waals surface area contributed by atoms with E-state index in [1.165, 1.54) is 12.8 Å². The fraction of sp³-hybridized carbons (Fsp3) is 0.917. The Morgan fingerprint density at radius 2 is 2.00 bits per heavy atom. The number of nitrogens with zero attached hydrogens (tertiary/aromatic N) is 1. The zero-order valence-electron chi connectivity index (χ0n) is 10.2. The van der Waals surface area contributed by atoms with Crippen molar-refractivity contribution in [2.45, 2.75) is 58.6 Å². The summed E-state index contributed by atoms with van der Waals surface area (Å²) >= 11 is 0. The summed E-state index contributed by atoms with van der Waals surface area (Å²) in [5.41, 5.74) is 0.0897. The molecule has 86 valence electrons. The topological polar surface area (TPSA) is 29.5 Å². The lowest BCUT2D eigenvalue weighted by Crippen LogP contribution is -2.38. The van der Waals surface area contributed by atoms with Crippen LogP contribution in [0.5, 0.6) is 0 Å². The molecule has 15 heavy (non-hydrogen) atoms. The lowest BCUT2D eigenvalue weighted by atomic mass is 10.0. The molecule has 1 aliphatic heterocycles. The van der Waals surface area contributed by atoms with E-state index in [2.05, 4.69) is 6.92 Å². The summed E-state index contributed by atoms with van der Waals surface area (Å²) in [4.78, 5) is 13.8. The normalized spacial score (nSPS) is 28.3. The largest absolute Gasteiger partial charge is 0.444 e. The number of hydrogen-bond donors (Lipinski definition) is 0. The highest BCUT2D eigenvalue weighted by Gasteiger charge is 2.52. The Morgan fingerprint density at radius 1 is 1.40 bits per heavy atom. The predicted octanol–water partition coefficient (Wildman–Crippen LogP) is 2.80. The molecule has 0 aromatic carbocycles. The minimum Gasteiger partial charge on any atom is -0.444 e. The van der Waals surface area contributed by atoms with Crippen LogP contribution in [0.3, 0.4) is 0 Å². The smallest absolute Gasteiger partial charge is 0.410 e. The Balaban J connectivity index is 1.96. The van der Waals surface area contributed by atoms with Crippen LogP contribution < -0.4 is 0 Å². The first-order valence-corrected chi connectivity index (χ1v) is 5.81. The Hall–Kier alpha value is -0.730. The average molecular weight is 211 g/mol. The molecule has 1 saturated carbocycles. The average Bonchev–Trinajstić information content (AvgIpc) is 2.67. The minimum absolute atomic E-state index is 0.140. The Morgan fingerprint density at radius 3 is 2.40 bits per heavy atom. The standard InChI is InChI=1S/C12H21NO2/c1-9-7-12(5-6-12)8-13(9)10(14)15-11(2,3)4/h9H,5-8H2,1-4H3. The molecule has 0 aromatic rings. The van der Waals surface area contributed by atoms with Crippen molar-refractivity contribution in [2.75, 3.05) is 6.54 Å². The highest BCUT2D eigenvalue weighted by Crippen LogP contribution is 2.54. The van der Waals surface area contributed by atoms with Gasteiger partial charge >= 0.3 is 6.09 Å². The van der Waals surface area contributed by atoms with Crippen molar-refractivity contribution in [3.8, 4) is 0 Å². The second-order valence-electron chi connectivity index (χ2n) is 6.16. The summed E-state index contributed by atoms with van der Waals surface area (Å²) in [6.45, 7) is 8.77. The molecular weight excluding hydrogens is 190 g/mol. The third-order valence-corrected chi connectivity index (χ3v) is 3.35. The molecule has 0 aromatic heterocycles. The molecule has 0 radical (unpaired) electrons. The summed E-state index contributed by atoms with van der Waals surface area (Å²) in [7, 11) is 0. The van der Waals surface area contributed by atoms with E-state index in [1.54, 1.807) is 0 Å². The van der Waals surface area contributed by atoms with E-state index in [-0.39, 0.29) is 11.7 Å². The summed E-state index contributed by atoms with van der Waals surface area (Å²) in [5, 5.41) is 0. The van der Waals surface area contributed by atoms with E-state index < -0.39 is 0 Å². The maximum absolute atomic E-state index is 11.9. The highest BCUT2D eigenvalue weighted by atomic mass is 16.6. The molecule has 1 heterocycles. The summed E-state index contributed by atoms with van der Waals surface area (Å²) in [5.74, 6) is 0. The van der Waals surface area contributed by atoms with Gasteiger partial charge < -0.3 is 9.64 Å². The van der Waals surface area contributed by atoms with Crippen molar-refractivity contribution in [2.24, 2.45) is 5.41 Å². The molecule has 2 aliphatic rings. The van der Waals surface area contributed by atoms with Crippen LogP contribution >= 0.6 is 0 Å². The minimum atomic E-state index is -0.379. The van der Waals surface area contributed by atoms with Gasteiger partial charge in [-0.3, -0.25) is 0 Å². The number of carbonyl (C=O) groups excluding carboxylic acids is 1. The van der Waals surface area contributed by atoms with Crippen LogP contribution in [0.2, 0.25) is 0 Å². The zero-order chi connectivity index (χ0) is 11.3. The van der Waals surface area contributed by atoms with Crippen molar-refractivity contribution in [3.05, 3.63) is 0 Å². The van der Waals surface area contributed by atoms with Gasteiger partial charge in [-0.25, -0.2) is 4.79 Å². The van der Waals surface area contributed by atoms with Gasteiger partial charge in [0.15, 0.2) is 0 Å². The lowest BCUT2D eigenvalue weighted by molar-refractivity contribution is 0.0232. The molecule has 1 saturated heterocycles. The Bertz CT molecular complexity index is 276. The van der Waals surface area contributed by atoms with E-state index >= 15 is 0 Å². The van der Waals surface area contributed by atoms with Crippen LogP contribution in [-0.2, 0) is 4.74 Å². The van der Waals surface area contributed by atoms with Gasteiger partial charge in [0, 0.05) is 12.6 Å². The number of carbonyl (C=O) groups is 1. The second-order valence-corrected chi connectivity index (χ2v) is 6.16. The van der Waals surface area contributed by atoms with Gasteiger partial charge in [-0.1, -0.05) is 0 Å². The third-order valence-electron chi connectivity index (χ3n) is 3.35. The number of ether oxygens (including phenoxy) is 1. The molecule has 1 atom stereocenters. The van der Waals surface area contributed by atoms with E-state index in [0.29, 0.717) is 11.5 Å². The monoisotopic (exact) mass is 211 g/mol. The highest BCUT2D eigenvalue weighted by molar-refractivity contribution is 5.69. The molecule has 2 rings (SSSR count). The predicted molar refractivity (Wildman–Crippen MR) is 58.7 cm³/mol. The van der Waals surface area contributed by atoms with Gasteiger partial charge in [0.1, 0.15) is 5.60 Å². The van der Waals surface area contributed by atoms with Crippen LogP contribution in [0, 0.1) is 5.41 Å². The molecule has 3 heteroatoms. The molecular formula is C12H21NO2. The van der Waals surface area contributed by atoms with Crippen molar-refractivity contribution >= 4 is 6.09 Å². The number of hydrogen-bond acceptors (Lipinski definition) is 2. The zero-order valence-corrected chi connectivity index (χ0v) is 10.2. The van der Waals surface area contributed by atoms with Gasteiger partial charge in [-0.05, 0) is 52.4 Å². The van der Waals surface area contributed by atoms with E-state index in [1.807, 2.05) is 25.7 Å². The van der Waals surface area contributed by atoms with Gasteiger partial charge in [0.05, 0.1) is 0 Å². The van der Waals surface area contributed by atoms with Crippen molar-refractivity contribution in [1.29, 1.82) is 0 Å². The van der Waals surface area contributed by atoms with E-state index in [9.17, 15) is 4.79 Å². The van der Waals surface area contributed by atoms with Gasteiger partial charge in [0.2, 0.25) is 0 Å². The first-order chi connectivity index (χ1) is 6.81. The molecule has 0 bridgehead atoms. The second kappa shape index (κ2) is 3.13. The first-order valence-electron chi connectivity index (χ1n) is 5.81. The maximum Gasteiger partial charge on any atom is 0.410 e. The summed E-state index contributed by atoms with van der Waals surface area (Å²) in [6.07, 6.45) is 3.60. The molecule has 0 N–H and O–H groups in total. The van der Waals surface area contributed by atoms with Crippen LogP contribution in [0.15, 0.2) is 0 Å². The van der Waals surface area contributed by atoms with Crippen LogP contribution in [-0.4, -0.2) is 29.2 Å². The maximum atomic E-state index is 11.9. The third kappa shape index (κ3) is 2.27. The van der Waals surface area contributed by atoms with Crippen LogP contribution in [0.4, 0.5) is 4.79 Å². The number of rotatable bonds is 0. The lowest BCUT2D eigenvalue weighted by Gasteiger charge is -2.27. The van der Waals surface area contributed by atoms with Crippen molar-refractivity contribution in [3.63, 3.8) is 0 Å². The number of likely N-dealkylation sites (tertiary alicyclic amines) is 1. The van der Waals surface area contributed by atoms with Crippen LogP contribution in [0.25, 0.3) is 0 Å². The van der Waals surface area contributed by atoms with Crippen molar-refractivity contribution in [1.82, 2.24) is 4.90 Å². The van der Waals surface area contributed by atoms with Gasteiger partial charge in [-0.15, -0.1) is 0 Å². The molecule has 1 unspecified atom stereocenters. The Kier molecular flexibility index (Phi) is 2.25. The molecule has 3 nitrogen and oxygen atoms in total. The van der Waals surface area contributed by atoms with E-state index in [0.717, 1.165) is 13.0 Å². The molecule has 1 spiro atoms. The SMILES string of the molecule is CC1CC2(CC2)CN1C(=O)OC(C)(C)C. The van der Waals surface area contributed by atoms with Gasteiger partial charge in [-0.2, -0.15) is 0 Å². The molecule has 1 amide bonds. The van der Waals surface area contributed by atoms with Gasteiger partial charge in [0.25, 0.3) is 0 Å². The van der Waals surface area contributed by atoms with E-state index in [4.69, 9.17) is 4.74 Å². The summed E-state index contributed by atoms with van der Waals surface area (Å²) < 4.78 is 5.40.